The molecule has 0 aliphatic carbocycles. The molecule has 26 heavy (non-hydrogen) atoms. The molecule has 7 nitrogen and oxygen atoms in total. The number of aromatic nitrogens is 2. The lowest BCUT2D eigenvalue weighted by atomic mass is 10.1. The zero-order valence-electron chi connectivity index (χ0n) is 15.9. The number of rotatable bonds is 6. The van der Waals surface area contributed by atoms with Crippen LogP contribution < -0.4 is 16.0 Å². The highest BCUT2D eigenvalue weighted by Crippen LogP contribution is 2.07. The van der Waals surface area contributed by atoms with Crippen molar-refractivity contribution in [3.05, 3.63) is 48.3 Å². The minimum atomic E-state index is -0.251. The van der Waals surface area contributed by atoms with Crippen molar-refractivity contribution in [3.8, 4) is 5.69 Å². The van der Waals surface area contributed by atoms with Crippen molar-refractivity contribution in [2.24, 2.45) is 4.99 Å². The van der Waals surface area contributed by atoms with E-state index in [1.54, 1.807) is 0 Å². The Hall–Kier alpha value is -2.83. The quantitative estimate of drug-likeness (QED) is 0.545. The first-order valence-corrected chi connectivity index (χ1v) is 8.80. The number of hydrogen-bond acceptors (Lipinski definition) is 3. The summed E-state index contributed by atoms with van der Waals surface area (Å²) >= 11 is 0. The Bertz CT molecular complexity index is 730. The average Bonchev–Trinajstić information content (AvgIpc) is 3.05. The topological polar surface area (TPSA) is 83.3 Å². The highest BCUT2D eigenvalue weighted by molar-refractivity contribution is 5.86. The SMILES string of the molecule is CCNC(=NCc1ccn(-c2ccccc2)n1)NCC(=O)NC(C)(C)C. The number of amides is 1. The maximum absolute atomic E-state index is 11.9. The highest BCUT2D eigenvalue weighted by atomic mass is 16.2. The normalized spacial score (nSPS) is 11.9. The Morgan fingerprint density at radius 2 is 1.88 bits per heavy atom. The zero-order chi connectivity index (χ0) is 19.0. The molecule has 1 aromatic heterocycles. The summed E-state index contributed by atoms with van der Waals surface area (Å²) in [5.74, 6) is 0.516. The molecular weight excluding hydrogens is 328 g/mol. The van der Waals surface area contributed by atoms with Crippen LogP contribution in [0.15, 0.2) is 47.6 Å². The van der Waals surface area contributed by atoms with Gasteiger partial charge in [-0.15, -0.1) is 0 Å². The molecule has 1 aromatic carbocycles. The number of hydrogen-bond donors (Lipinski definition) is 3. The minimum Gasteiger partial charge on any atom is -0.357 e. The predicted octanol–water partition coefficient (Wildman–Crippen LogP) is 1.84. The van der Waals surface area contributed by atoms with Crippen LogP contribution in [-0.4, -0.2) is 40.3 Å². The molecule has 0 fully saturated rings. The summed E-state index contributed by atoms with van der Waals surface area (Å²) < 4.78 is 1.82. The molecule has 2 aromatic rings. The number of para-hydroxylation sites is 1. The third-order valence-corrected chi connectivity index (χ3v) is 3.34. The van der Waals surface area contributed by atoms with E-state index < -0.39 is 0 Å². The predicted molar refractivity (Wildman–Crippen MR) is 104 cm³/mol. The van der Waals surface area contributed by atoms with Gasteiger partial charge in [-0.25, -0.2) is 9.67 Å². The monoisotopic (exact) mass is 356 g/mol. The van der Waals surface area contributed by atoms with Crippen molar-refractivity contribution in [3.63, 3.8) is 0 Å². The van der Waals surface area contributed by atoms with Crippen molar-refractivity contribution in [2.45, 2.75) is 39.8 Å². The first-order chi connectivity index (χ1) is 12.4. The lowest BCUT2D eigenvalue weighted by Crippen LogP contribution is -2.48. The summed E-state index contributed by atoms with van der Waals surface area (Å²) in [7, 11) is 0. The zero-order valence-corrected chi connectivity index (χ0v) is 15.9. The van der Waals surface area contributed by atoms with E-state index in [9.17, 15) is 4.79 Å². The second-order valence-corrected chi connectivity index (χ2v) is 6.93. The van der Waals surface area contributed by atoms with E-state index in [0.717, 1.165) is 11.4 Å². The Kier molecular flexibility index (Phi) is 6.77. The summed E-state index contributed by atoms with van der Waals surface area (Å²) in [6.45, 7) is 9.15. The van der Waals surface area contributed by atoms with Crippen LogP contribution in [0.25, 0.3) is 5.69 Å². The standard InChI is InChI=1S/C19H28N6O/c1-5-20-18(22-14-17(26)23-19(2,3)4)21-13-15-11-12-25(24-15)16-9-7-6-8-10-16/h6-12H,5,13-14H2,1-4H3,(H,23,26)(H2,20,21,22). The van der Waals surface area contributed by atoms with Crippen LogP contribution in [0.1, 0.15) is 33.4 Å². The van der Waals surface area contributed by atoms with Gasteiger partial charge in [0.2, 0.25) is 5.91 Å². The van der Waals surface area contributed by atoms with E-state index in [1.165, 1.54) is 0 Å². The third kappa shape index (κ3) is 6.58. The van der Waals surface area contributed by atoms with Gasteiger partial charge in [-0.3, -0.25) is 4.79 Å². The summed E-state index contributed by atoms with van der Waals surface area (Å²) in [6.07, 6.45) is 1.91. The number of benzene rings is 1. The van der Waals surface area contributed by atoms with Crippen LogP contribution in [-0.2, 0) is 11.3 Å². The molecule has 0 unspecified atom stereocenters. The van der Waals surface area contributed by atoms with E-state index in [-0.39, 0.29) is 18.0 Å². The van der Waals surface area contributed by atoms with Gasteiger partial charge in [-0.1, -0.05) is 18.2 Å². The van der Waals surface area contributed by atoms with Gasteiger partial charge in [0, 0.05) is 18.3 Å². The Morgan fingerprint density at radius 1 is 1.15 bits per heavy atom. The Morgan fingerprint density at radius 3 is 2.54 bits per heavy atom. The Labute approximate surface area is 154 Å². The molecule has 3 N–H and O–H groups in total. The van der Waals surface area contributed by atoms with Gasteiger partial charge in [0.1, 0.15) is 0 Å². The van der Waals surface area contributed by atoms with Gasteiger partial charge in [0.05, 0.1) is 24.5 Å². The number of nitrogens with zero attached hydrogens (tertiary/aromatic N) is 3. The minimum absolute atomic E-state index is 0.0727. The van der Waals surface area contributed by atoms with E-state index >= 15 is 0 Å². The number of carbonyl (C=O) groups excluding carboxylic acids is 1. The lowest BCUT2D eigenvalue weighted by molar-refractivity contribution is -0.121. The maximum Gasteiger partial charge on any atom is 0.239 e. The van der Waals surface area contributed by atoms with E-state index in [4.69, 9.17) is 0 Å². The van der Waals surface area contributed by atoms with E-state index in [2.05, 4.69) is 26.0 Å². The van der Waals surface area contributed by atoms with Crippen LogP contribution in [0, 0.1) is 0 Å². The maximum atomic E-state index is 11.9. The molecule has 7 heteroatoms. The summed E-state index contributed by atoms with van der Waals surface area (Å²) in [6, 6.07) is 11.9. The molecule has 0 saturated carbocycles. The Balaban J connectivity index is 1.94. The van der Waals surface area contributed by atoms with Crippen LogP contribution in [0.4, 0.5) is 0 Å². The molecule has 0 aliphatic rings. The summed E-state index contributed by atoms with van der Waals surface area (Å²) in [5, 5.41) is 13.6. The molecule has 2 rings (SSSR count). The largest absolute Gasteiger partial charge is 0.357 e. The van der Waals surface area contributed by atoms with Crippen molar-refractivity contribution in [1.29, 1.82) is 0 Å². The first-order valence-electron chi connectivity index (χ1n) is 8.80. The van der Waals surface area contributed by atoms with Crippen LogP contribution >= 0.6 is 0 Å². The van der Waals surface area contributed by atoms with E-state index in [1.807, 2.05) is 75.0 Å². The van der Waals surface area contributed by atoms with Gasteiger partial charge in [-0.2, -0.15) is 5.10 Å². The molecule has 1 heterocycles. The van der Waals surface area contributed by atoms with Crippen molar-refractivity contribution < 1.29 is 4.79 Å². The fraction of sp³-hybridized carbons (Fsp3) is 0.421. The van der Waals surface area contributed by atoms with Gasteiger partial charge in [-0.05, 0) is 45.9 Å². The highest BCUT2D eigenvalue weighted by Gasteiger charge is 2.13. The number of aliphatic imine (C=N–C) groups is 1. The molecule has 0 saturated heterocycles. The summed E-state index contributed by atoms with van der Waals surface area (Å²) in [5.41, 5.74) is 1.61. The summed E-state index contributed by atoms with van der Waals surface area (Å²) in [4.78, 5) is 16.4. The van der Waals surface area contributed by atoms with Gasteiger partial charge >= 0.3 is 0 Å². The third-order valence-electron chi connectivity index (χ3n) is 3.34. The fourth-order valence-corrected chi connectivity index (χ4v) is 2.30. The molecule has 1 amide bonds. The van der Waals surface area contributed by atoms with Crippen molar-refractivity contribution in [1.82, 2.24) is 25.7 Å². The number of nitrogens with one attached hydrogen (secondary N) is 3. The average molecular weight is 356 g/mol. The van der Waals surface area contributed by atoms with Gasteiger partial charge in [0.15, 0.2) is 5.96 Å². The second kappa shape index (κ2) is 9.03. The molecule has 0 spiro atoms. The molecule has 0 radical (unpaired) electrons. The van der Waals surface area contributed by atoms with Crippen LogP contribution in [0.5, 0.6) is 0 Å². The van der Waals surface area contributed by atoms with Crippen molar-refractivity contribution in [2.75, 3.05) is 13.1 Å². The smallest absolute Gasteiger partial charge is 0.239 e. The van der Waals surface area contributed by atoms with Crippen molar-refractivity contribution >= 4 is 11.9 Å². The molecule has 0 atom stereocenters. The van der Waals surface area contributed by atoms with Gasteiger partial charge < -0.3 is 16.0 Å². The first kappa shape index (κ1) is 19.5. The molecule has 0 bridgehead atoms. The second-order valence-electron chi connectivity index (χ2n) is 6.93. The lowest BCUT2D eigenvalue weighted by Gasteiger charge is -2.21. The molecule has 0 aliphatic heterocycles. The van der Waals surface area contributed by atoms with Gasteiger partial charge in [0.25, 0.3) is 0 Å². The van der Waals surface area contributed by atoms with E-state index in [0.29, 0.717) is 19.0 Å². The number of guanidine groups is 1. The molecule has 140 valence electrons. The molecular formula is C19H28N6O. The number of carbonyl (C=O) groups is 1. The van der Waals surface area contributed by atoms with Crippen LogP contribution in [0.3, 0.4) is 0 Å². The fourth-order valence-electron chi connectivity index (χ4n) is 2.30. The van der Waals surface area contributed by atoms with Crippen LogP contribution in [0.2, 0.25) is 0 Å².